The van der Waals surface area contributed by atoms with Crippen molar-refractivity contribution in [3.63, 3.8) is 0 Å². The lowest BCUT2D eigenvalue weighted by Crippen LogP contribution is -2.38. The van der Waals surface area contributed by atoms with Crippen LogP contribution in [0, 0.1) is 0 Å². The number of hydrogen-bond acceptors (Lipinski definition) is 2. The fraction of sp³-hybridized carbons (Fsp3) is 0.462. The molecule has 1 aromatic rings. The van der Waals surface area contributed by atoms with Gasteiger partial charge < -0.3 is 10.4 Å². The number of nitrogens with one attached hydrogen (secondary N) is 1. The van der Waals surface area contributed by atoms with E-state index in [0.717, 1.165) is 25.7 Å². The second-order valence-corrected chi connectivity index (χ2v) is 4.92. The van der Waals surface area contributed by atoms with Gasteiger partial charge in [0.2, 0.25) is 0 Å². The monoisotopic (exact) mass is 253 g/mol. The van der Waals surface area contributed by atoms with Gasteiger partial charge in [-0.15, -0.1) is 0 Å². The molecular weight excluding hydrogens is 238 g/mol. The molecule has 0 heterocycles. The normalized spacial score (nSPS) is 24.4. The first-order chi connectivity index (χ1) is 8.15. The number of halogens is 1. The highest BCUT2D eigenvalue weighted by molar-refractivity contribution is 6.30. The van der Waals surface area contributed by atoms with E-state index < -0.39 is 0 Å². The molecular formula is C13H16ClNO2. The SMILES string of the molecule is O=C(NC1CCC(O)CC1)c1ccc(Cl)cc1. The fourth-order valence-electron chi connectivity index (χ4n) is 2.09. The third-order valence-corrected chi connectivity index (χ3v) is 3.39. The van der Waals surface area contributed by atoms with Crippen molar-refractivity contribution in [1.82, 2.24) is 5.32 Å². The Kier molecular flexibility index (Phi) is 4.02. The van der Waals surface area contributed by atoms with Crippen LogP contribution in [0.3, 0.4) is 0 Å². The van der Waals surface area contributed by atoms with Gasteiger partial charge in [0.15, 0.2) is 0 Å². The van der Waals surface area contributed by atoms with Crippen LogP contribution in [-0.4, -0.2) is 23.2 Å². The first-order valence-electron chi connectivity index (χ1n) is 5.89. The van der Waals surface area contributed by atoms with E-state index in [4.69, 9.17) is 11.6 Å². The van der Waals surface area contributed by atoms with Crippen LogP contribution in [0.5, 0.6) is 0 Å². The first kappa shape index (κ1) is 12.4. The van der Waals surface area contributed by atoms with E-state index in [1.165, 1.54) is 0 Å². The van der Waals surface area contributed by atoms with E-state index in [0.29, 0.717) is 10.6 Å². The molecule has 0 atom stereocenters. The number of carbonyl (C=O) groups excluding carboxylic acids is 1. The summed E-state index contributed by atoms with van der Waals surface area (Å²) in [5.41, 5.74) is 0.625. The molecule has 2 rings (SSSR count). The maximum Gasteiger partial charge on any atom is 0.251 e. The average Bonchev–Trinajstić information content (AvgIpc) is 2.33. The van der Waals surface area contributed by atoms with Crippen molar-refractivity contribution in [3.8, 4) is 0 Å². The summed E-state index contributed by atoms with van der Waals surface area (Å²) < 4.78 is 0. The molecule has 1 amide bonds. The zero-order valence-electron chi connectivity index (χ0n) is 9.53. The van der Waals surface area contributed by atoms with Gasteiger partial charge in [-0.05, 0) is 49.9 Å². The second-order valence-electron chi connectivity index (χ2n) is 4.49. The van der Waals surface area contributed by atoms with Gasteiger partial charge in [-0.3, -0.25) is 4.79 Å². The van der Waals surface area contributed by atoms with E-state index in [1.54, 1.807) is 24.3 Å². The van der Waals surface area contributed by atoms with Gasteiger partial charge in [0, 0.05) is 16.6 Å². The Morgan fingerprint density at radius 2 is 1.76 bits per heavy atom. The predicted molar refractivity (Wildman–Crippen MR) is 67.2 cm³/mol. The van der Waals surface area contributed by atoms with Gasteiger partial charge >= 0.3 is 0 Å². The summed E-state index contributed by atoms with van der Waals surface area (Å²) in [4.78, 5) is 11.9. The Morgan fingerprint density at radius 1 is 1.18 bits per heavy atom. The quantitative estimate of drug-likeness (QED) is 0.850. The molecule has 1 aliphatic carbocycles. The lowest BCUT2D eigenvalue weighted by Gasteiger charge is -2.26. The summed E-state index contributed by atoms with van der Waals surface area (Å²) in [6, 6.07) is 7.04. The number of amides is 1. The molecule has 1 aliphatic rings. The van der Waals surface area contributed by atoms with Crippen molar-refractivity contribution < 1.29 is 9.90 Å². The zero-order valence-corrected chi connectivity index (χ0v) is 10.3. The third-order valence-electron chi connectivity index (χ3n) is 3.14. The smallest absolute Gasteiger partial charge is 0.251 e. The van der Waals surface area contributed by atoms with E-state index in [2.05, 4.69) is 5.32 Å². The molecule has 0 aromatic heterocycles. The minimum Gasteiger partial charge on any atom is -0.393 e. The fourth-order valence-corrected chi connectivity index (χ4v) is 2.22. The largest absolute Gasteiger partial charge is 0.393 e. The number of benzene rings is 1. The van der Waals surface area contributed by atoms with Crippen molar-refractivity contribution in [1.29, 1.82) is 0 Å². The molecule has 1 aromatic carbocycles. The number of rotatable bonds is 2. The molecule has 4 heteroatoms. The maximum atomic E-state index is 11.9. The van der Waals surface area contributed by atoms with E-state index in [1.807, 2.05) is 0 Å². The number of carbonyl (C=O) groups is 1. The number of aliphatic hydroxyl groups is 1. The molecule has 92 valence electrons. The van der Waals surface area contributed by atoms with Gasteiger partial charge in [0.1, 0.15) is 0 Å². The zero-order chi connectivity index (χ0) is 12.3. The van der Waals surface area contributed by atoms with Crippen LogP contribution >= 0.6 is 11.6 Å². The average molecular weight is 254 g/mol. The molecule has 2 N–H and O–H groups in total. The Balaban J connectivity index is 1.91. The molecule has 0 spiro atoms. The lowest BCUT2D eigenvalue weighted by atomic mass is 9.93. The highest BCUT2D eigenvalue weighted by atomic mass is 35.5. The van der Waals surface area contributed by atoms with Crippen LogP contribution in [0.2, 0.25) is 5.02 Å². The van der Waals surface area contributed by atoms with Gasteiger partial charge in [-0.1, -0.05) is 11.6 Å². The second kappa shape index (κ2) is 5.52. The van der Waals surface area contributed by atoms with Crippen LogP contribution in [0.4, 0.5) is 0 Å². The number of aliphatic hydroxyl groups excluding tert-OH is 1. The summed E-state index contributed by atoms with van der Waals surface area (Å²) in [5, 5.41) is 13.0. The molecule has 0 aliphatic heterocycles. The molecule has 3 nitrogen and oxygen atoms in total. The molecule has 0 bridgehead atoms. The van der Waals surface area contributed by atoms with E-state index in [9.17, 15) is 9.90 Å². The highest BCUT2D eigenvalue weighted by Crippen LogP contribution is 2.19. The molecule has 1 saturated carbocycles. The van der Waals surface area contributed by atoms with Gasteiger partial charge in [0.25, 0.3) is 5.91 Å². The van der Waals surface area contributed by atoms with E-state index >= 15 is 0 Å². The predicted octanol–water partition coefficient (Wildman–Crippen LogP) is 2.37. The van der Waals surface area contributed by atoms with Gasteiger partial charge in [-0.25, -0.2) is 0 Å². The standard InChI is InChI=1S/C13H16ClNO2/c14-10-3-1-9(2-4-10)13(17)15-11-5-7-12(16)8-6-11/h1-4,11-12,16H,5-8H2,(H,15,17). The minimum atomic E-state index is -0.196. The molecule has 1 fully saturated rings. The van der Waals surface area contributed by atoms with Gasteiger partial charge in [0.05, 0.1) is 6.10 Å². The van der Waals surface area contributed by atoms with Crippen molar-refractivity contribution in [2.45, 2.75) is 37.8 Å². The molecule has 0 radical (unpaired) electrons. The van der Waals surface area contributed by atoms with Crippen LogP contribution in [0.25, 0.3) is 0 Å². The van der Waals surface area contributed by atoms with Crippen LogP contribution in [0.1, 0.15) is 36.0 Å². The third kappa shape index (κ3) is 3.45. The van der Waals surface area contributed by atoms with Crippen molar-refractivity contribution >= 4 is 17.5 Å². The lowest BCUT2D eigenvalue weighted by molar-refractivity contribution is 0.0867. The van der Waals surface area contributed by atoms with Crippen LogP contribution < -0.4 is 5.32 Å². The topological polar surface area (TPSA) is 49.3 Å². The summed E-state index contributed by atoms with van der Waals surface area (Å²) in [6.07, 6.45) is 3.04. The van der Waals surface area contributed by atoms with Crippen molar-refractivity contribution in [2.24, 2.45) is 0 Å². The Labute approximate surface area is 106 Å². The Bertz CT molecular complexity index is 383. The Hall–Kier alpha value is -1.06. The molecule has 17 heavy (non-hydrogen) atoms. The van der Waals surface area contributed by atoms with Crippen molar-refractivity contribution in [3.05, 3.63) is 34.9 Å². The van der Waals surface area contributed by atoms with Crippen LogP contribution in [0.15, 0.2) is 24.3 Å². The number of hydrogen-bond donors (Lipinski definition) is 2. The maximum absolute atomic E-state index is 11.9. The minimum absolute atomic E-state index is 0.0666. The van der Waals surface area contributed by atoms with Crippen molar-refractivity contribution in [2.75, 3.05) is 0 Å². The summed E-state index contributed by atoms with van der Waals surface area (Å²) in [7, 11) is 0. The Morgan fingerprint density at radius 3 is 2.35 bits per heavy atom. The molecule has 0 saturated heterocycles. The summed E-state index contributed by atoms with van der Waals surface area (Å²) in [5.74, 6) is -0.0666. The highest BCUT2D eigenvalue weighted by Gasteiger charge is 2.21. The summed E-state index contributed by atoms with van der Waals surface area (Å²) >= 11 is 5.76. The van der Waals surface area contributed by atoms with Gasteiger partial charge in [-0.2, -0.15) is 0 Å². The van der Waals surface area contributed by atoms with E-state index in [-0.39, 0.29) is 18.1 Å². The summed E-state index contributed by atoms with van der Waals surface area (Å²) in [6.45, 7) is 0. The first-order valence-corrected chi connectivity index (χ1v) is 6.27. The molecule has 0 unspecified atom stereocenters. The van der Waals surface area contributed by atoms with Crippen LogP contribution in [-0.2, 0) is 0 Å².